The number of carbonyl (C=O) groups excluding carboxylic acids is 1. The number of nitrogens with zero attached hydrogens (tertiary/aromatic N) is 4. The summed E-state index contributed by atoms with van der Waals surface area (Å²) in [5.41, 5.74) is 6.27. The number of pyridine rings is 1. The van der Waals surface area contributed by atoms with E-state index in [0.717, 1.165) is 33.7 Å². The van der Waals surface area contributed by atoms with Gasteiger partial charge in [0, 0.05) is 36.6 Å². The third-order valence-corrected chi connectivity index (χ3v) is 6.88. The van der Waals surface area contributed by atoms with Crippen LogP contribution in [-0.4, -0.2) is 50.4 Å². The molecule has 5 rings (SSSR count). The molecule has 7 heteroatoms. The summed E-state index contributed by atoms with van der Waals surface area (Å²) in [4.78, 5) is 19.2. The van der Waals surface area contributed by atoms with Crippen molar-refractivity contribution in [2.24, 2.45) is 0 Å². The van der Waals surface area contributed by atoms with Gasteiger partial charge in [0.05, 0.1) is 13.2 Å². The number of aromatic nitrogens is 3. The van der Waals surface area contributed by atoms with Crippen LogP contribution in [0.3, 0.4) is 0 Å². The number of benzene rings is 2. The van der Waals surface area contributed by atoms with Crippen LogP contribution in [0.15, 0.2) is 73.1 Å². The highest BCUT2D eigenvalue weighted by Gasteiger charge is 2.32. The van der Waals surface area contributed by atoms with Crippen LogP contribution in [0.25, 0.3) is 22.4 Å². The second kappa shape index (κ2) is 10.6. The average Bonchev–Trinajstić information content (AvgIpc) is 3.32. The third-order valence-electron chi connectivity index (χ3n) is 6.88. The zero-order valence-electron chi connectivity index (χ0n) is 21.5. The molecular formula is C30H32N4O3. The van der Waals surface area contributed by atoms with Crippen LogP contribution >= 0.6 is 0 Å². The van der Waals surface area contributed by atoms with Crippen LogP contribution in [0.5, 0.6) is 5.75 Å². The Morgan fingerprint density at radius 3 is 2.22 bits per heavy atom. The molecule has 0 aliphatic carbocycles. The van der Waals surface area contributed by atoms with Gasteiger partial charge in [-0.2, -0.15) is 5.10 Å². The summed E-state index contributed by atoms with van der Waals surface area (Å²) >= 11 is 0. The lowest BCUT2D eigenvalue weighted by Crippen LogP contribution is -2.42. The fourth-order valence-corrected chi connectivity index (χ4v) is 4.75. The molecule has 2 aromatic carbocycles. The summed E-state index contributed by atoms with van der Waals surface area (Å²) in [5, 5.41) is 14.3. The minimum absolute atomic E-state index is 0.0726. The molecule has 1 aliphatic rings. The van der Waals surface area contributed by atoms with Crippen LogP contribution in [0, 0.1) is 0 Å². The smallest absolute Gasteiger partial charge is 0.272 e. The summed E-state index contributed by atoms with van der Waals surface area (Å²) < 4.78 is 8.03. The first-order valence-electron chi connectivity index (χ1n) is 12.7. The maximum Gasteiger partial charge on any atom is 0.272 e. The number of aliphatic hydroxyl groups is 1. The molecule has 3 heterocycles. The van der Waals surface area contributed by atoms with E-state index in [1.807, 2.05) is 43.3 Å². The summed E-state index contributed by atoms with van der Waals surface area (Å²) in [6.07, 6.45) is 3.35. The first-order chi connectivity index (χ1) is 18.0. The number of β-amino-alcohol motifs (C(OH)–C–C–N with tert-alkyl or cyclic N) is 1. The lowest BCUT2D eigenvalue weighted by Gasteiger charge is -2.27. The predicted octanol–water partition coefficient (Wildman–Crippen LogP) is 5.32. The number of rotatable bonds is 8. The van der Waals surface area contributed by atoms with E-state index in [9.17, 15) is 9.90 Å². The molecule has 1 amide bonds. The van der Waals surface area contributed by atoms with Crippen molar-refractivity contribution in [1.29, 1.82) is 0 Å². The quantitative estimate of drug-likeness (QED) is 0.357. The van der Waals surface area contributed by atoms with Crippen LogP contribution in [0.2, 0.25) is 0 Å². The van der Waals surface area contributed by atoms with E-state index in [1.54, 1.807) is 22.0 Å². The van der Waals surface area contributed by atoms with E-state index in [1.165, 1.54) is 5.56 Å². The third kappa shape index (κ3) is 5.00. The van der Waals surface area contributed by atoms with Gasteiger partial charge < -0.3 is 14.7 Å². The predicted molar refractivity (Wildman–Crippen MR) is 143 cm³/mol. The standard InChI is InChI=1S/C30H32N4O3/c1-20(2)22-4-6-23(7-5-22)21(3)37-26-10-8-24(9-11-26)27-28(25-12-14-31-15-13-25)32-34-17-16-33(18-19-35)30(36)29(27)34/h4-15,20-21,35H,16-19H2,1-3H3. The van der Waals surface area contributed by atoms with Gasteiger partial charge in [-0.25, -0.2) is 0 Å². The van der Waals surface area contributed by atoms with Crippen molar-refractivity contribution in [3.8, 4) is 28.1 Å². The van der Waals surface area contributed by atoms with Gasteiger partial charge in [-0.1, -0.05) is 50.2 Å². The first kappa shape index (κ1) is 24.7. The van der Waals surface area contributed by atoms with Crippen LogP contribution in [0.1, 0.15) is 54.4 Å². The van der Waals surface area contributed by atoms with Gasteiger partial charge >= 0.3 is 0 Å². The minimum Gasteiger partial charge on any atom is -0.486 e. The highest BCUT2D eigenvalue weighted by atomic mass is 16.5. The first-order valence-corrected chi connectivity index (χ1v) is 12.7. The molecule has 2 aromatic heterocycles. The highest BCUT2D eigenvalue weighted by molar-refractivity contribution is 6.03. The van der Waals surface area contributed by atoms with E-state index in [2.05, 4.69) is 43.1 Å². The minimum atomic E-state index is -0.123. The summed E-state index contributed by atoms with van der Waals surface area (Å²) in [7, 11) is 0. The molecule has 0 bridgehead atoms. The lowest BCUT2D eigenvalue weighted by atomic mass is 9.98. The summed E-state index contributed by atoms with van der Waals surface area (Å²) in [6, 6.07) is 20.2. The molecule has 37 heavy (non-hydrogen) atoms. The van der Waals surface area contributed by atoms with Crippen molar-refractivity contribution >= 4 is 5.91 Å². The Morgan fingerprint density at radius 1 is 0.892 bits per heavy atom. The largest absolute Gasteiger partial charge is 0.486 e. The summed E-state index contributed by atoms with van der Waals surface area (Å²) in [5.74, 6) is 1.12. The number of carbonyl (C=O) groups is 1. The molecule has 0 saturated heterocycles. The van der Waals surface area contributed by atoms with E-state index < -0.39 is 0 Å². The number of fused-ring (bicyclic) bond motifs is 1. The Hall–Kier alpha value is -3.97. The zero-order chi connectivity index (χ0) is 25.9. The van der Waals surface area contributed by atoms with Gasteiger partial charge in [0.25, 0.3) is 5.91 Å². The molecule has 190 valence electrons. The zero-order valence-corrected chi connectivity index (χ0v) is 21.5. The topological polar surface area (TPSA) is 80.5 Å². The monoisotopic (exact) mass is 496 g/mol. The van der Waals surface area contributed by atoms with Crippen LogP contribution < -0.4 is 4.74 Å². The van der Waals surface area contributed by atoms with Gasteiger partial charge in [0.1, 0.15) is 23.2 Å². The second-order valence-corrected chi connectivity index (χ2v) is 9.65. The van der Waals surface area contributed by atoms with E-state index in [-0.39, 0.29) is 18.6 Å². The van der Waals surface area contributed by atoms with Crippen molar-refractivity contribution in [2.45, 2.75) is 39.3 Å². The summed E-state index contributed by atoms with van der Waals surface area (Å²) in [6.45, 7) is 7.74. The molecule has 1 aliphatic heterocycles. The van der Waals surface area contributed by atoms with Crippen molar-refractivity contribution in [2.75, 3.05) is 19.7 Å². The number of hydrogen-bond acceptors (Lipinski definition) is 5. The molecule has 4 aromatic rings. The SMILES string of the molecule is CC(C)c1ccc(C(C)Oc2ccc(-c3c(-c4ccncc4)nn4c3C(=O)N(CCO)CC4)cc2)cc1. The molecule has 0 radical (unpaired) electrons. The van der Waals surface area contributed by atoms with Crippen LogP contribution in [0.4, 0.5) is 0 Å². The molecule has 1 atom stereocenters. The van der Waals surface area contributed by atoms with E-state index in [4.69, 9.17) is 9.84 Å². The number of aliphatic hydroxyl groups excluding tert-OH is 1. The van der Waals surface area contributed by atoms with Crippen LogP contribution in [-0.2, 0) is 6.54 Å². The Balaban J connectivity index is 1.46. The van der Waals surface area contributed by atoms with Gasteiger partial charge in [0.2, 0.25) is 0 Å². The maximum atomic E-state index is 13.4. The van der Waals surface area contributed by atoms with Gasteiger partial charge in [-0.3, -0.25) is 14.5 Å². The number of hydrogen-bond donors (Lipinski definition) is 1. The lowest BCUT2D eigenvalue weighted by molar-refractivity contribution is 0.0662. The van der Waals surface area contributed by atoms with Gasteiger partial charge in [0.15, 0.2) is 0 Å². The van der Waals surface area contributed by atoms with Crippen molar-refractivity contribution in [3.05, 3.63) is 89.9 Å². The van der Waals surface area contributed by atoms with Gasteiger partial charge in [-0.15, -0.1) is 0 Å². The van der Waals surface area contributed by atoms with E-state index in [0.29, 0.717) is 31.2 Å². The Labute approximate surface area is 217 Å². The maximum absolute atomic E-state index is 13.4. The average molecular weight is 497 g/mol. The van der Waals surface area contributed by atoms with Gasteiger partial charge in [-0.05, 0) is 53.8 Å². The normalized spacial score (nSPS) is 14.1. The Bertz CT molecular complexity index is 1360. The van der Waals surface area contributed by atoms with Crippen molar-refractivity contribution in [3.63, 3.8) is 0 Å². The molecule has 0 fully saturated rings. The number of ether oxygens (including phenoxy) is 1. The fraction of sp³-hybridized carbons (Fsp3) is 0.300. The molecule has 0 saturated carbocycles. The highest BCUT2D eigenvalue weighted by Crippen LogP contribution is 2.37. The molecule has 7 nitrogen and oxygen atoms in total. The Morgan fingerprint density at radius 2 is 1.57 bits per heavy atom. The fourth-order valence-electron chi connectivity index (χ4n) is 4.75. The molecule has 1 unspecified atom stereocenters. The van der Waals surface area contributed by atoms with Crippen molar-refractivity contribution in [1.82, 2.24) is 19.7 Å². The second-order valence-electron chi connectivity index (χ2n) is 9.65. The molecular weight excluding hydrogens is 464 g/mol. The van der Waals surface area contributed by atoms with Crippen molar-refractivity contribution < 1.29 is 14.6 Å². The molecule has 1 N–H and O–H groups in total. The number of amides is 1. The Kier molecular flexibility index (Phi) is 7.06. The molecule has 0 spiro atoms. The van der Waals surface area contributed by atoms with E-state index >= 15 is 0 Å².